The van der Waals surface area contributed by atoms with Crippen molar-refractivity contribution in [3.63, 3.8) is 0 Å². The molecule has 24 heavy (non-hydrogen) atoms. The van der Waals surface area contributed by atoms with Crippen LogP contribution in [0.4, 0.5) is 0 Å². The molecule has 0 radical (unpaired) electrons. The topological polar surface area (TPSA) is 57.7 Å². The molecule has 3 rings (SSSR count). The van der Waals surface area contributed by atoms with Crippen molar-refractivity contribution in [2.45, 2.75) is 18.9 Å². The molecule has 5 nitrogen and oxygen atoms in total. The molecule has 132 valence electrons. The molecule has 0 aromatic heterocycles. The quantitative estimate of drug-likeness (QED) is 0.790. The Morgan fingerprint density at radius 1 is 1.12 bits per heavy atom. The van der Waals surface area contributed by atoms with Crippen LogP contribution in [0.25, 0.3) is 0 Å². The molecule has 8 heteroatoms. The summed E-state index contributed by atoms with van der Waals surface area (Å²) >= 11 is 12.3. The van der Waals surface area contributed by atoms with E-state index in [9.17, 15) is 13.2 Å². The number of hydrogen-bond donors (Lipinski definition) is 0. The lowest BCUT2D eigenvalue weighted by atomic mass is 10.1. The van der Waals surface area contributed by atoms with E-state index in [-0.39, 0.29) is 29.9 Å². The summed E-state index contributed by atoms with van der Waals surface area (Å²) in [5.74, 6) is 0.529. The summed E-state index contributed by atoms with van der Waals surface area (Å²) in [4.78, 5) is 16.5. The van der Waals surface area contributed by atoms with E-state index in [1.54, 1.807) is 23.1 Å². The van der Waals surface area contributed by atoms with Crippen molar-refractivity contribution in [2.24, 2.45) is 0 Å². The van der Waals surface area contributed by atoms with Crippen molar-refractivity contribution in [3.8, 4) is 0 Å². The number of piperazine rings is 1. The Morgan fingerprint density at radius 3 is 2.29 bits per heavy atom. The van der Waals surface area contributed by atoms with E-state index < -0.39 is 9.84 Å². The zero-order chi connectivity index (χ0) is 17.3. The summed E-state index contributed by atoms with van der Waals surface area (Å²) in [5, 5.41) is 1.01. The highest BCUT2D eigenvalue weighted by Crippen LogP contribution is 2.25. The lowest BCUT2D eigenvalue weighted by Crippen LogP contribution is -2.52. The number of hydrogen-bond acceptors (Lipinski definition) is 4. The molecule has 0 N–H and O–H groups in total. The van der Waals surface area contributed by atoms with Gasteiger partial charge in [0.05, 0.1) is 17.9 Å². The lowest BCUT2D eigenvalue weighted by Gasteiger charge is -2.37. The third kappa shape index (κ3) is 4.04. The minimum absolute atomic E-state index is 0.00342. The Morgan fingerprint density at radius 2 is 1.75 bits per heavy atom. The van der Waals surface area contributed by atoms with Crippen LogP contribution in [0.1, 0.15) is 12.0 Å². The molecule has 0 bridgehead atoms. The molecule has 1 atom stereocenters. The Bertz CT molecular complexity index is 711. The fourth-order valence-corrected chi connectivity index (χ4v) is 5.66. The minimum Gasteiger partial charge on any atom is -0.340 e. The molecule has 1 aromatic rings. The fourth-order valence-electron chi connectivity index (χ4n) is 3.36. The van der Waals surface area contributed by atoms with Gasteiger partial charge in [0.1, 0.15) is 0 Å². The third-order valence-corrected chi connectivity index (χ3v) is 7.24. The monoisotopic (exact) mass is 390 g/mol. The highest BCUT2D eigenvalue weighted by Gasteiger charge is 2.34. The third-order valence-electron chi connectivity index (χ3n) is 4.78. The van der Waals surface area contributed by atoms with Crippen LogP contribution in [-0.4, -0.2) is 67.9 Å². The standard InChI is InChI=1S/C16H20Cl2N2O3S/c17-14-2-1-3-15(18)13(14)10-16(21)20-7-5-19(6-8-20)12-4-9-24(22,23)11-12/h1-3,12H,4-11H2/t12-/m1/s1. The first kappa shape index (κ1) is 18.0. The van der Waals surface area contributed by atoms with Gasteiger partial charge in [0.15, 0.2) is 9.84 Å². The minimum atomic E-state index is -2.88. The van der Waals surface area contributed by atoms with Crippen molar-refractivity contribution in [1.29, 1.82) is 0 Å². The molecule has 0 spiro atoms. The second kappa shape index (κ2) is 7.20. The number of amides is 1. The van der Waals surface area contributed by atoms with Gasteiger partial charge in [-0.2, -0.15) is 0 Å². The van der Waals surface area contributed by atoms with Crippen molar-refractivity contribution in [3.05, 3.63) is 33.8 Å². The van der Waals surface area contributed by atoms with E-state index >= 15 is 0 Å². The van der Waals surface area contributed by atoms with Crippen LogP contribution in [0.3, 0.4) is 0 Å². The predicted octanol–water partition coefficient (Wildman–Crippen LogP) is 1.87. The Labute approximate surface area is 152 Å². The highest BCUT2D eigenvalue weighted by atomic mass is 35.5. The zero-order valence-corrected chi connectivity index (χ0v) is 15.6. The van der Waals surface area contributed by atoms with Gasteiger partial charge < -0.3 is 4.90 Å². The maximum Gasteiger partial charge on any atom is 0.227 e. The maximum atomic E-state index is 12.5. The van der Waals surface area contributed by atoms with Crippen LogP contribution >= 0.6 is 23.2 Å². The summed E-state index contributed by atoms with van der Waals surface area (Å²) < 4.78 is 23.2. The number of nitrogens with zero attached hydrogens (tertiary/aromatic N) is 2. The van der Waals surface area contributed by atoms with E-state index in [2.05, 4.69) is 4.90 Å². The second-order valence-corrected chi connectivity index (χ2v) is 9.39. The molecular weight excluding hydrogens is 371 g/mol. The average molecular weight is 391 g/mol. The molecule has 2 saturated heterocycles. The largest absolute Gasteiger partial charge is 0.340 e. The molecule has 1 amide bonds. The van der Waals surface area contributed by atoms with Gasteiger partial charge in [-0.3, -0.25) is 9.69 Å². The smallest absolute Gasteiger partial charge is 0.227 e. The van der Waals surface area contributed by atoms with Crippen LogP contribution in [0.5, 0.6) is 0 Å². The lowest BCUT2D eigenvalue weighted by molar-refractivity contribution is -0.132. The molecular formula is C16H20Cl2N2O3S. The van der Waals surface area contributed by atoms with Gasteiger partial charge in [-0.25, -0.2) is 8.42 Å². The zero-order valence-electron chi connectivity index (χ0n) is 13.2. The number of benzene rings is 1. The summed E-state index contributed by atoms with van der Waals surface area (Å²) in [5.41, 5.74) is 0.662. The molecule has 2 aliphatic heterocycles. The van der Waals surface area contributed by atoms with Crippen LogP contribution in [0.15, 0.2) is 18.2 Å². The van der Waals surface area contributed by atoms with E-state index in [1.165, 1.54) is 0 Å². The molecule has 2 aliphatic rings. The summed E-state index contributed by atoms with van der Waals surface area (Å²) in [7, 11) is -2.88. The second-order valence-electron chi connectivity index (χ2n) is 6.35. The first-order valence-corrected chi connectivity index (χ1v) is 10.6. The fraction of sp³-hybridized carbons (Fsp3) is 0.562. The number of carbonyl (C=O) groups is 1. The number of halogens is 2. The van der Waals surface area contributed by atoms with Gasteiger partial charge >= 0.3 is 0 Å². The predicted molar refractivity (Wildman–Crippen MR) is 95.4 cm³/mol. The summed E-state index contributed by atoms with van der Waals surface area (Å²) in [6.45, 7) is 2.64. The maximum absolute atomic E-state index is 12.5. The number of rotatable bonds is 3. The van der Waals surface area contributed by atoms with E-state index in [0.29, 0.717) is 48.2 Å². The van der Waals surface area contributed by atoms with Crippen molar-refractivity contribution < 1.29 is 13.2 Å². The van der Waals surface area contributed by atoms with Crippen molar-refractivity contribution >= 4 is 38.9 Å². The highest BCUT2D eigenvalue weighted by molar-refractivity contribution is 7.91. The van der Waals surface area contributed by atoms with Gasteiger partial charge in [0.25, 0.3) is 0 Å². The van der Waals surface area contributed by atoms with Gasteiger partial charge in [-0.15, -0.1) is 0 Å². The van der Waals surface area contributed by atoms with Gasteiger partial charge in [-0.1, -0.05) is 29.3 Å². The van der Waals surface area contributed by atoms with Crippen molar-refractivity contribution in [2.75, 3.05) is 37.7 Å². The van der Waals surface area contributed by atoms with Gasteiger partial charge in [0, 0.05) is 42.3 Å². The Kier molecular flexibility index (Phi) is 5.39. The van der Waals surface area contributed by atoms with E-state index in [1.807, 2.05) is 0 Å². The molecule has 0 unspecified atom stereocenters. The number of sulfone groups is 1. The molecule has 2 heterocycles. The summed E-state index contributed by atoms with van der Waals surface area (Å²) in [6, 6.07) is 5.32. The molecule has 0 saturated carbocycles. The van der Waals surface area contributed by atoms with E-state index in [4.69, 9.17) is 23.2 Å². The molecule has 2 fully saturated rings. The first-order valence-electron chi connectivity index (χ1n) is 8.01. The molecule has 0 aliphatic carbocycles. The SMILES string of the molecule is O=C(Cc1c(Cl)cccc1Cl)N1CCN([C@@H]2CCS(=O)(=O)C2)CC1. The van der Waals surface area contributed by atoms with E-state index in [0.717, 1.165) is 0 Å². The van der Waals surface area contributed by atoms with Gasteiger partial charge in [0.2, 0.25) is 5.91 Å². The Hall–Kier alpha value is -0.820. The summed E-state index contributed by atoms with van der Waals surface area (Å²) in [6.07, 6.45) is 0.891. The Balaban J connectivity index is 1.56. The van der Waals surface area contributed by atoms with Crippen LogP contribution in [-0.2, 0) is 21.1 Å². The van der Waals surface area contributed by atoms with Gasteiger partial charge in [-0.05, 0) is 24.1 Å². The normalized spacial score (nSPS) is 24.2. The van der Waals surface area contributed by atoms with Crippen LogP contribution < -0.4 is 0 Å². The number of carbonyl (C=O) groups excluding carboxylic acids is 1. The van der Waals surface area contributed by atoms with Crippen LogP contribution in [0.2, 0.25) is 10.0 Å². The van der Waals surface area contributed by atoms with Crippen molar-refractivity contribution in [1.82, 2.24) is 9.80 Å². The first-order chi connectivity index (χ1) is 11.4. The average Bonchev–Trinajstić information content (AvgIpc) is 2.91. The molecule has 1 aromatic carbocycles. The van der Waals surface area contributed by atoms with Crippen LogP contribution in [0, 0.1) is 0 Å².